The van der Waals surface area contributed by atoms with E-state index in [-0.39, 0.29) is 24.2 Å². The Balaban J connectivity index is 1.87. The average molecular weight is 472 g/mol. The highest BCUT2D eigenvalue weighted by Gasteiger charge is 2.34. The van der Waals surface area contributed by atoms with E-state index in [2.05, 4.69) is 31.4 Å². The van der Waals surface area contributed by atoms with Crippen LogP contribution in [0.15, 0.2) is 24.3 Å². The molecule has 2 N–H and O–H groups in total. The maximum atomic E-state index is 13.3. The first kappa shape index (κ1) is 24.8. The molecule has 0 spiro atoms. The van der Waals surface area contributed by atoms with Crippen molar-refractivity contribution in [1.82, 2.24) is 0 Å². The molecule has 1 atom stereocenters. The van der Waals surface area contributed by atoms with Gasteiger partial charge in [0, 0.05) is 23.0 Å². The quantitative estimate of drug-likeness (QED) is 0.605. The summed E-state index contributed by atoms with van der Waals surface area (Å²) in [6.07, 6.45) is 2.01. The van der Waals surface area contributed by atoms with E-state index < -0.39 is 11.9 Å². The van der Waals surface area contributed by atoms with Gasteiger partial charge < -0.3 is 25.3 Å². The number of thiophene rings is 1. The van der Waals surface area contributed by atoms with Crippen LogP contribution in [0.5, 0.6) is 5.75 Å². The van der Waals surface area contributed by atoms with Gasteiger partial charge >= 0.3 is 0 Å². The van der Waals surface area contributed by atoms with Crippen LogP contribution in [0.4, 0.5) is 10.7 Å². The molecule has 33 heavy (non-hydrogen) atoms. The lowest BCUT2D eigenvalue weighted by Gasteiger charge is -2.33. The summed E-state index contributed by atoms with van der Waals surface area (Å²) in [7, 11) is 0. The SMILES string of the molecule is CCOc1ccc(NC(=O)c2c(NC(=O)CCC(=O)[O-])sc3c2CC[C@H](C(C)(C)C)C3)cc1. The fourth-order valence-corrected chi connectivity index (χ4v) is 5.39. The minimum absolute atomic E-state index is 0.143. The minimum Gasteiger partial charge on any atom is -0.550 e. The molecular formula is C25H31N2O5S-. The van der Waals surface area contributed by atoms with Crippen LogP contribution in [0.25, 0.3) is 0 Å². The summed E-state index contributed by atoms with van der Waals surface area (Å²) in [4.78, 5) is 37.5. The average Bonchev–Trinajstić information content (AvgIpc) is 3.10. The van der Waals surface area contributed by atoms with Gasteiger partial charge in [-0.1, -0.05) is 20.8 Å². The molecule has 1 aliphatic rings. The number of carboxylic acid groups (broad SMARTS) is 1. The molecule has 178 valence electrons. The van der Waals surface area contributed by atoms with Crippen LogP contribution >= 0.6 is 11.3 Å². The van der Waals surface area contributed by atoms with Gasteiger partial charge in [-0.25, -0.2) is 0 Å². The molecule has 0 bridgehead atoms. The molecule has 0 radical (unpaired) electrons. The molecule has 0 saturated heterocycles. The molecule has 0 aliphatic heterocycles. The molecule has 3 rings (SSSR count). The Labute approximate surface area is 198 Å². The molecule has 0 unspecified atom stereocenters. The third kappa shape index (κ3) is 6.35. The van der Waals surface area contributed by atoms with Gasteiger partial charge in [0.25, 0.3) is 5.91 Å². The first-order valence-corrected chi connectivity index (χ1v) is 12.1. The van der Waals surface area contributed by atoms with Gasteiger partial charge in [-0.2, -0.15) is 0 Å². The lowest BCUT2D eigenvalue weighted by molar-refractivity contribution is -0.305. The minimum atomic E-state index is -1.28. The molecule has 1 aromatic carbocycles. The van der Waals surface area contributed by atoms with E-state index in [1.54, 1.807) is 24.3 Å². The number of fused-ring (bicyclic) bond motifs is 1. The zero-order valence-electron chi connectivity index (χ0n) is 19.6. The van der Waals surface area contributed by atoms with Gasteiger partial charge in [0.05, 0.1) is 12.2 Å². The molecule has 0 fully saturated rings. The fraction of sp³-hybridized carbons (Fsp3) is 0.480. The largest absolute Gasteiger partial charge is 0.550 e. The van der Waals surface area contributed by atoms with Gasteiger partial charge in [0.2, 0.25) is 5.91 Å². The van der Waals surface area contributed by atoms with E-state index in [0.717, 1.165) is 35.5 Å². The van der Waals surface area contributed by atoms with Crippen molar-refractivity contribution in [2.45, 2.75) is 59.8 Å². The predicted octanol–water partition coefficient (Wildman–Crippen LogP) is 4.02. The number of ether oxygens (including phenoxy) is 1. The van der Waals surface area contributed by atoms with Crippen molar-refractivity contribution in [2.24, 2.45) is 11.3 Å². The monoisotopic (exact) mass is 471 g/mol. The molecule has 2 amide bonds. The molecule has 2 aromatic rings. The summed E-state index contributed by atoms with van der Waals surface area (Å²) in [6, 6.07) is 7.13. The topological polar surface area (TPSA) is 108 Å². The highest BCUT2D eigenvalue weighted by Crippen LogP contribution is 2.44. The van der Waals surface area contributed by atoms with Crippen LogP contribution in [0.3, 0.4) is 0 Å². The van der Waals surface area contributed by atoms with E-state index in [1.807, 2.05) is 6.92 Å². The van der Waals surface area contributed by atoms with Crippen molar-refractivity contribution in [3.8, 4) is 5.75 Å². The third-order valence-corrected chi connectivity index (χ3v) is 7.12. The van der Waals surface area contributed by atoms with Crippen LogP contribution in [0.2, 0.25) is 0 Å². The molecule has 1 aliphatic carbocycles. The number of carboxylic acids is 1. The highest BCUT2D eigenvalue weighted by molar-refractivity contribution is 7.17. The number of carbonyl (C=O) groups excluding carboxylic acids is 3. The van der Waals surface area contributed by atoms with Crippen molar-refractivity contribution >= 4 is 39.8 Å². The van der Waals surface area contributed by atoms with Crippen LogP contribution in [0.1, 0.15) is 67.8 Å². The second kappa shape index (κ2) is 10.4. The maximum absolute atomic E-state index is 13.3. The summed E-state index contributed by atoms with van der Waals surface area (Å²) in [6.45, 7) is 9.13. The van der Waals surface area contributed by atoms with Crippen molar-refractivity contribution in [3.05, 3.63) is 40.3 Å². The normalized spacial score (nSPS) is 15.5. The van der Waals surface area contributed by atoms with E-state index in [9.17, 15) is 19.5 Å². The molecule has 0 saturated carbocycles. The summed E-state index contributed by atoms with van der Waals surface area (Å²) in [5.41, 5.74) is 2.21. The van der Waals surface area contributed by atoms with Crippen molar-refractivity contribution in [3.63, 3.8) is 0 Å². The second-order valence-electron chi connectivity index (χ2n) is 9.35. The Morgan fingerprint density at radius 3 is 2.42 bits per heavy atom. The number of carbonyl (C=O) groups is 3. The van der Waals surface area contributed by atoms with Gasteiger partial charge in [-0.3, -0.25) is 9.59 Å². The lowest BCUT2D eigenvalue weighted by Crippen LogP contribution is -2.27. The van der Waals surface area contributed by atoms with Crippen molar-refractivity contribution in [1.29, 1.82) is 0 Å². The Morgan fingerprint density at radius 1 is 1.12 bits per heavy atom. The number of benzene rings is 1. The number of hydrogen-bond acceptors (Lipinski definition) is 6. The maximum Gasteiger partial charge on any atom is 0.258 e. The van der Waals surface area contributed by atoms with Crippen LogP contribution in [0, 0.1) is 11.3 Å². The molecular weight excluding hydrogens is 440 g/mol. The molecule has 8 heteroatoms. The Bertz CT molecular complexity index is 1020. The summed E-state index contributed by atoms with van der Waals surface area (Å²) < 4.78 is 5.45. The van der Waals surface area contributed by atoms with Gasteiger partial charge in [-0.15, -0.1) is 11.3 Å². The Hall–Kier alpha value is -2.87. The highest BCUT2D eigenvalue weighted by atomic mass is 32.1. The van der Waals surface area contributed by atoms with Crippen LogP contribution in [-0.4, -0.2) is 24.4 Å². The second-order valence-corrected chi connectivity index (χ2v) is 10.5. The summed E-state index contributed by atoms with van der Waals surface area (Å²) >= 11 is 1.42. The van der Waals surface area contributed by atoms with Crippen molar-refractivity contribution in [2.75, 3.05) is 17.2 Å². The molecule has 1 heterocycles. The zero-order chi connectivity index (χ0) is 24.2. The van der Waals surface area contributed by atoms with Crippen molar-refractivity contribution < 1.29 is 24.2 Å². The summed E-state index contributed by atoms with van der Waals surface area (Å²) in [5.74, 6) is -0.816. The third-order valence-electron chi connectivity index (χ3n) is 5.95. The van der Waals surface area contributed by atoms with Crippen LogP contribution in [-0.2, 0) is 22.4 Å². The Morgan fingerprint density at radius 2 is 1.82 bits per heavy atom. The van der Waals surface area contributed by atoms with E-state index in [1.165, 1.54) is 11.3 Å². The van der Waals surface area contributed by atoms with Gasteiger partial charge in [0.15, 0.2) is 0 Å². The number of aliphatic carboxylic acids is 1. The predicted molar refractivity (Wildman–Crippen MR) is 128 cm³/mol. The molecule has 1 aromatic heterocycles. The van der Waals surface area contributed by atoms with Gasteiger partial charge in [-0.05, 0) is 73.8 Å². The van der Waals surface area contributed by atoms with Crippen LogP contribution < -0.4 is 20.5 Å². The number of rotatable bonds is 8. The smallest absolute Gasteiger partial charge is 0.258 e. The van der Waals surface area contributed by atoms with E-state index >= 15 is 0 Å². The number of hydrogen-bond donors (Lipinski definition) is 2. The van der Waals surface area contributed by atoms with E-state index in [0.29, 0.717) is 28.8 Å². The first-order valence-electron chi connectivity index (χ1n) is 11.3. The number of amides is 2. The zero-order valence-corrected chi connectivity index (χ0v) is 20.4. The number of nitrogens with one attached hydrogen (secondary N) is 2. The fourth-order valence-electron chi connectivity index (χ4n) is 4.05. The van der Waals surface area contributed by atoms with E-state index in [4.69, 9.17) is 4.74 Å². The standard InChI is InChI=1S/C25H32N2O5S/c1-5-32-17-9-7-16(8-10-17)26-23(31)22-18-11-6-15(25(2,3)4)14-19(18)33-24(22)27-20(28)12-13-21(29)30/h7-10,15H,5-6,11-14H2,1-4H3,(H,26,31)(H,27,28)(H,29,30)/p-1/t15-/m0/s1. The molecule has 7 nitrogen and oxygen atoms in total. The van der Waals surface area contributed by atoms with Gasteiger partial charge in [0.1, 0.15) is 10.8 Å². The summed E-state index contributed by atoms with van der Waals surface area (Å²) in [5, 5.41) is 16.9. The lowest BCUT2D eigenvalue weighted by atomic mass is 9.72. The first-order chi connectivity index (χ1) is 15.6. The Kier molecular flexibility index (Phi) is 7.79. The number of anilines is 2.